The van der Waals surface area contributed by atoms with Crippen LogP contribution < -0.4 is 16.6 Å². The van der Waals surface area contributed by atoms with Crippen molar-refractivity contribution in [1.29, 1.82) is 0 Å². The third-order valence-corrected chi connectivity index (χ3v) is 4.11. The minimum Gasteiger partial charge on any atom is -0.366 e. The molecule has 1 heterocycles. The van der Waals surface area contributed by atoms with Gasteiger partial charge in [-0.1, -0.05) is 35.9 Å². The van der Waals surface area contributed by atoms with Crippen LogP contribution in [0.15, 0.2) is 59.4 Å². The predicted molar refractivity (Wildman–Crippen MR) is 101 cm³/mol. The number of benzene rings is 2. The molecule has 3 aromatic rings. The first-order chi connectivity index (χ1) is 12.9. The highest BCUT2D eigenvalue weighted by atomic mass is 35.5. The molecule has 2 aromatic carbocycles. The Kier molecular flexibility index (Phi) is 5.33. The topological polar surface area (TPSA) is 118 Å². The molecule has 3 rings (SSSR count). The number of halogens is 1. The Bertz CT molecular complexity index is 1060. The lowest BCUT2D eigenvalue weighted by atomic mass is 10.1. The Hall–Kier alpha value is -3.45. The Morgan fingerprint density at radius 1 is 1.11 bits per heavy atom. The maximum atomic E-state index is 12.4. The van der Waals surface area contributed by atoms with Crippen molar-refractivity contribution in [2.24, 2.45) is 5.73 Å². The summed E-state index contributed by atoms with van der Waals surface area (Å²) in [5.74, 6) is -1.12. The first-order valence-corrected chi connectivity index (χ1v) is 8.34. The van der Waals surface area contributed by atoms with Crippen LogP contribution in [0.2, 0.25) is 5.02 Å². The van der Waals surface area contributed by atoms with Crippen LogP contribution in [-0.2, 0) is 6.54 Å². The van der Waals surface area contributed by atoms with Crippen molar-refractivity contribution >= 4 is 23.4 Å². The highest BCUT2D eigenvalue weighted by molar-refractivity contribution is 6.30. The fraction of sp³-hybridized carbons (Fsp3) is 0.0526. The number of nitrogens with two attached hydrogens (primary N) is 1. The quantitative estimate of drug-likeness (QED) is 0.626. The number of aromatic nitrogens is 2. The van der Waals surface area contributed by atoms with Crippen molar-refractivity contribution in [3.8, 4) is 11.3 Å². The molecule has 0 aliphatic rings. The van der Waals surface area contributed by atoms with Gasteiger partial charge in [-0.15, -0.1) is 0 Å². The molecule has 0 aliphatic carbocycles. The molecule has 0 radical (unpaired) electrons. The molecule has 8 heteroatoms. The highest BCUT2D eigenvalue weighted by Crippen LogP contribution is 2.18. The maximum Gasteiger partial charge on any atom is 0.277 e. The molecule has 0 saturated heterocycles. The number of amides is 2. The molecule has 0 spiro atoms. The third kappa shape index (κ3) is 4.39. The van der Waals surface area contributed by atoms with Gasteiger partial charge < -0.3 is 11.1 Å². The van der Waals surface area contributed by atoms with Crippen molar-refractivity contribution in [2.45, 2.75) is 6.54 Å². The number of H-pyrrole nitrogens is 1. The molecule has 0 unspecified atom stereocenters. The molecule has 4 N–H and O–H groups in total. The Balaban J connectivity index is 1.83. The summed E-state index contributed by atoms with van der Waals surface area (Å²) in [5.41, 5.74) is 6.61. The first-order valence-electron chi connectivity index (χ1n) is 7.96. The van der Waals surface area contributed by atoms with E-state index < -0.39 is 17.4 Å². The van der Waals surface area contributed by atoms with Gasteiger partial charge in [0.15, 0.2) is 0 Å². The molecule has 1 aromatic heterocycles. The lowest BCUT2D eigenvalue weighted by Crippen LogP contribution is -2.29. The summed E-state index contributed by atoms with van der Waals surface area (Å²) < 4.78 is 0. The number of nitrogens with zero attached hydrogens (tertiary/aromatic N) is 1. The summed E-state index contributed by atoms with van der Waals surface area (Å²) >= 11 is 5.83. The molecular weight excluding hydrogens is 368 g/mol. The Morgan fingerprint density at radius 3 is 2.56 bits per heavy atom. The van der Waals surface area contributed by atoms with Gasteiger partial charge in [0.2, 0.25) is 5.91 Å². The lowest BCUT2D eigenvalue weighted by Gasteiger charge is -2.07. The molecule has 0 bridgehead atoms. The average molecular weight is 383 g/mol. The van der Waals surface area contributed by atoms with Crippen molar-refractivity contribution in [1.82, 2.24) is 15.5 Å². The van der Waals surface area contributed by atoms with E-state index in [9.17, 15) is 14.4 Å². The van der Waals surface area contributed by atoms with Crippen LogP contribution in [0, 0.1) is 0 Å². The average Bonchev–Trinajstić information content (AvgIpc) is 2.67. The second kappa shape index (κ2) is 7.84. The number of primary amides is 1. The summed E-state index contributed by atoms with van der Waals surface area (Å²) in [6.07, 6.45) is 0. The molecule has 0 fully saturated rings. The van der Waals surface area contributed by atoms with Crippen LogP contribution in [0.5, 0.6) is 0 Å². The molecule has 27 heavy (non-hydrogen) atoms. The van der Waals surface area contributed by atoms with Gasteiger partial charge in [-0.25, -0.2) is 5.10 Å². The van der Waals surface area contributed by atoms with Crippen LogP contribution in [-0.4, -0.2) is 22.0 Å². The summed E-state index contributed by atoms with van der Waals surface area (Å²) in [6.45, 7) is 0.240. The van der Waals surface area contributed by atoms with Crippen molar-refractivity contribution in [3.63, 3.8) is 0 Å². The number of carbonyl (C=O) groups excluding carboxylic acids is 2. The SMILES string of the molecule is NC(=O)c1cccc(-c2cc(C(=O)NCc3ccc(Cl)cc3)c(=O)[nH]n2)c1. The van der Waals surface area contributed by atoms with Gasteiger partial charge in [-0.2, -0.15) is 5.10 Å². The largest absolute Gasteiger partial charge is 0.366 e. The number of hydrogen-bond donors (Lipinski definition) is 3. The molecule has 0 aliphatic heterocycles. The van der Waals surface area contributed by atoms with Crippen molar-refractivity contribution < 1.29 is 9.59 Å². The van der Waals surface area contributed by atoms with E-state index >= 15 is 0 Å². The van der Waals surface area contributed by atoms with E-state index in [1.54, 1.807) is 48.5 Å². The van der Waals surface area contributed by atoms with Crippen LogP contribution >= 0.6 is 11.6 Å². The van der Waals surface area contributed by atoms with Crippen molar-refractivity contribution in [2.75, 3.05) is 0 Å². The second-order valence-electron chi connectivity index (χ2n) is 5.75. The molecular formula is C19H15ClN4O3. The maximum absolute atomic E-state index is 12.4. The van der Waals surface area contributed by atoms with Gasteiger partial charge in [0, 0.05) is 22.7 Å². The van der Waals surface area contributed by atoms with Gasteiger partial charge in [0.1, 0.15) is 5.56 Å². The van der Waals surface area contributed by atoms with E-state index in [2.05, 4.69) is 15.5 Å². The normalized spacial score (nSPS) is 10.4. The van der Waals surface area contributed by atoms with Crippen LogP contribution in [0.4, 0.5) is 0 Å². The summed E-state index contributed by atoms with van der Waals surface area (Å²) in [5, 5.41) is 9.51. The van der Waals surface area contributed by atoms with Crippen LogP contribution in [0.3, 0.4) is 0 Å². The number of aromatic amines is 1. The van der Waals surface area contributed by atoms with E-state index in [4.69, 9.17) is 17.3 Å². The fourth-order valence-electron chi connectivity index (χ4n) is 2.43. The minimum atomic E-state index is -0.613. The van der Waals surface area contributed by atoms with Gasteiger partial charge in [-0.3, -0.25) is 14.4 Å². The second-order valence-corrected chi connectivity index (χ2v) is 6.19. The lowest BCUT2D eigenvalue weighted by molar-refractivity contribution is 0.0948. The fourth-order valence-corrected chi connectivity index (χ4v) is 2.56. The third-order valence-electron chi connectivity index (χ3n) is 3.86. The molecule has 7 nitrogen and oxygen atoms in total. The number of hydrogen-bond acceptors (Lipinski definition) is 4. The van der Waals surface area contributed by atoms with E-state index in [1.165, 1.54) is 6.07 Å². The summed E-state index contributed by atoms with van der Waals surface area (Å²) in [6, 6.07) is 14.8. The van der Waals surface area contributed by atoms with Gasteiger partial charge in [0.25, 0.3) is 11.5 Å². The Morgan fingerprint density at radius 2 is 1.85 bits per heavy atom. The monoisotopic (exact) mass is 382 g/mol. The van der Waals surface area contributed by atoms with Crippen LogP contribution in [0.25, 0.3) is 11.3 Å². The summed E-state index contributed by atoms with van der Waals surface area (Å²) in [7, 11) is 0. The predicted octanol–water partition coefficient (Wildman–Crippen LogP) is 2.12. The first kappa shape index (κ1) is 18.3. The zero-order valence-corrected chi connectivity index (χ0v) is 14.8. The van der Waals surface area contributed by atoms with Gasteiger partial charge in [0.05, 0.1) is 5.69 Å². The zero-order chi connectivity index (χ0) is 19.4. The van der Waals surface area contributed by atoms with Crippen molar-refractivity contribution in [3.05, 3.63) is 86.7 Å². The Labute approximate surface area is 159 Å². The number of rotatable bonds is 5. The minimum absolute atomic E-state index is 0.0848. The molecule has 0 saturated carbocycles. The number of nitrogens with one attached hydrogen (secondary N) is 2. The van der Waals surface area contributed by atoms with E-state index in [0.717, 1.165) is 5.56 Å². The standard InChI is InChI=1S/C19H15ClN4O3/c20-14-6-4-11(5-7-14)10-22-18(26)15-9-16(23-24-19(15)27)12-2-1-3-13(8-12)17(21)25/h1-9H,10H2,(H2,21,25)(H,22,26)(H,24,27). The smallest absolute Gasteiger partial charge is 0.277 e. The summed E-state index contributed by atoms with van der Waals surface area (Å²) in [4.78, 5) is 35.7. The molecule has 0 atom stereocenters. The van der Waals surface area contributed by atoms with E-state index in [-0.39, 0.29) is 12.1 Å². The molecule has 2 amide bonds. The van der Waals surface area contributed by atoms with Gasteiger partial charge >= 0.3 is 0 Å². The zero-order valence-electron chi connectivity index (χ0n) is 14.0. The van der Waals surface area contributed by atoms with E-state index in [0.29, 0.717) is 21.8 Å². The highest BCUT2D eigenvalue weighted by Gasteiger charge is 2.14. The van der Waals surface area contributed by atoms with E-state index in [1.807, 2.05) is 0 Å². The van der Waals surface area contributed by atoms with Crippen LogP contribution in [0.1, 0.15) is 26.3 Å². The number of carbonyl (C=O) groups is 2. The molecule has 136 valence electrons. The van der Waals surface area contributed by atoms with Gasteiger partial charge in [-0.05, 0) is 35.9 Å².